The van der Waals surface area contributed by atoms with Crippen molar-refractivity contribution in [2.75, 3.05) is 6.54 Å². The lowest BCUT2D eigenvalue weighted by atomic mass is 10.1. The second-order valence-corrected chi connectivity index (χ2v) is 7.56. The van der Waals surface area contributed by atoms with E-state index in [9.17, 15) is 24.5 Å². The van der Waals surface area contributed by atoms with E-state index >= 15 is 0 Å². The van der Waals surface area contributed by atoms with Crippen molar-refractivity contribution in [2.24, 2.45) is 0 Å². The molecule has 0 unspecified atom stereocenters. The number of thioether (sulfide) groups is 1. The molecule has 0 radical (unpaired) electrons. The average Bonchev–Trinajstić information content (AvgIpc) is 3.35. The van der Waals surface area contributed by atoms with E-state index in [1.165, 1.54) is 30.3 Å². The van der Waals surface area contributed by atoms with Gasteiger partial charge in [-0.2, -0.15) is 0 Å². The summed E-state index contributed by atoms with van der Waals surface area (Å²) in [5.41, 5.74) is 0.898. The Morgan fingerprint density at radius 2 is 1.74 bits per heavy atom. The molecule has 0 bridgehead atoms. The zero-order valence-electron chi connectivity index (χ0n) is 15.9. The van der Waals surface area contributed by atoms with Crippen LogP contribution in [0.1, 0.15) is 16.1 Å². The Bertz CT molecular complexity index is 1210. The van der Waals surface area contributed by atoms with Gasteiger partial charge in [-0.25, -0.2) is 0 Å². The number of furan rings is 1. The number of nitrogens with zero attached hydrogens (tertiary/aromatic N) is 2. The van der Waals surface area contributed by atoms with Crippen LogP contribution in [0.3, 0.4) is 0 Å². The van der Waals surface area contributed by atoms with Crippen molar-refractivity contribution in [3.63, 3.8) is 0 Å². The first kappa shape index (κ1) is 20.3. The Balaban J connectivity index is 1.48. The predicted octanol–water partition coefficient (Wildman–Crippen LogP) is 4.77. The first-order valence-corrected chi connectivity index (χ1v) is 9.92. The Morgan fingerprint density at radius 1 is 1.03 bits per heavy atom. The van der Waals surface area contributed by atoms with Crippen LogP contribution in [0.4, 0.5) is 10.5 Å². The number of nitro groups is 1. The molecule has 8 nitrogen and oxygen atoms in total. The number of amides is 2. The highest BCUT2D eigenvalue weighted by molar-refractivity contribution is 8.18. The molecule has 9 heteroatoms. The van der Waals surface area contributed by atoms with Crippen LogP contribution in [0.2, 0.25) is 0 Å². The van der Waals surface area contributed by atoms with E-state index in [0.29, 0.717) is 11.5 Å². The van der Waals surface area contributed by atoms with Gasteiger partial charge in [-0.05, 0) is 36.0 Å². The fourth-order valence-corrected chi connectivity index (χ4v) is 3.78. The summed E-state index contributed by atoms with van der Waals surface area (Å²) in [7, 11) is 0. The van der Waals surface area contributed by atoms with E-state index < -0.39 is 28.4 Å². The van der Waals surface area contributed by atoms with Gasteiger partial charge in [-0.3, -0.25) is 29.4 Å². The van der Waals surface area contributed by atoms with Crippen molar-refractivity contribution < 1.29 is 23.7 Å². The van der Waals surface area contributed by atoms with Crippen LogP contribution >= 0.6 is 11.8 Å². The van der Waals surface area contributed by atoms with E-state index in [2.05, 4.69) is 0 Å². The minimum absolute atomic E-state index is 0.149. The van der Waals surface area contributed by atoms with Crippen molar-refractivity contribution in [3.05, 3.63) is 93.1 Å². The molecular weight excluding hydrogens is 420 g/mol. The van der Waals surface area contributed by atoms with Crippen LogP contribution in [0.25, 0.3) is 17.4 Å². The quantitative estimate of drug-likeness (QED) is 0.238. The summed E-state index contributed by atoms with van der Waals surface area (Å²) in [5.74, 6) is -0.0591. The normalized spacial score (nSPS) is 15.0. The third kappa shape index (κ3) is 4.31. The van der Waals surface area contributed by atoms with Crippen LogP contribution in [-0.4, -0.2) is 33.3 Å². The highest BCUT2D eigenvalue weighted by Crippen LogP contribution is 2.33. The summed E-state index contributed by atoms with van der Waals surface area (Å²) in [6.45, 7) is -0.451. The standard InChI is InChI=1S/C22H14N2O6S/c25-18(14-6-8-16(9-7-14)24(28)29)13-23-21(26)20(31-22(23)27)12-17-10-11-19(30-17)15-4-2-1-3-5-15/h1-12H,13H2/b20-12-. The molecule has 1 aliphatic rings. The van der Waals surface area contributed by atoms with Gasteiger partial charge in [0, 0.05) is 29.3 Å². The lowest BCUT2D eigenvalue weighted by molar-refractivity contribution is -0.384. The summed E-state index contributed by atoms with van der Waals surface area (Å²) in [6.07, 6.45) is 1.47. The Labute approximate surface area is 180 Å². The topological polar surface area (TPSA) is 111 Å². The summed E-state index contributed by atoms with van der Waals surface area (Å²) in [5, 5.41) is 10.2. The van der Waals surface area contributed by atoms with Gasteiger partial charge in [0.25, 0.3) is 16.8 Å². The monoisotopic (exact) mass is 434 g/mol. The fraction of sp³-hybridized carbons (Fsp3) is 0.0455. The van der Waals surface area contributed by atoms with Crippen LogP contribution in [0.15, 0.2) is 76.1 Å². The summed E-state index contributed by atoms with van der Waals surface area (Å²) in [6, 6.07) is 17.9. The third-order valence-electron chi connectivity index (χ3n) is 4.53. The number of carbonyl (C=O) groups is 3. The maximum Gasteiger partial charge on any atom is 0.293 e. The van der Waals surface area contributed by atoms with Crippen molar-refractivity contribution in [1.82, 2.24) is 4.90 Å². The molecule has 2 heterocycles. The number of rotatable bonds is 6. The van der Waals surface area contributed by atoms with Gasteiger partial charge in [0.2, 0.25) is 0 Å². The molecular formula is C22H14N2O6S. The number of carbonyl (C=O) groups excluding carboxylic acids is 3. The SMILES string of the molecule is O=C(CN1C(=O)S/C(=C\c2ccc(-c3ccccc3)o2)C1=O)c1ccc([N+](=O)[O-])cc1. The van der Waals surface area contributed by atoms with Gasteiger partial charge < -0.3 is 4.42 Å². The average molecular weight is 434 g/mol. The molecule has 0 spiro atoms. The highest BCUT2D eigenvalue weighted by Gasteiger charge is 2.36. The lowest BCUT2D eigenvalue weighted by Crippen LogP contribution is -2.33. The van der Waals surface area contributed by atoms with E-state index in [1.807, 2.05) is 30.3 Å². The second-order valence-electron chi connectivity index (χ2n) is 6.56. The van der Waals surface area contributed by atoms with E-state index in [-0.39, 0.29) is 16.2 Å². The molecule has 0 saturated carbocycles. The minimum Gasteiger partial charge on any atom is -0.457 e. The van der Waals surface area contributed by atoms with Crippen LogP contribution in [0, 0.1) is 10.1 Å². The molecule has 0 atom stereocenters. The van der Waals surface area contributed by atoms with Crippen molar-refractivity contribution in [1.29, 1.82) is 0 Å². The van der Waals surface area contributed by atoms with E-state index in [4.69, 9.17) is 4.42 Å². The van der Waals surface area contributed by atoms with Crippen molar-refractivity contribution in [2.45, 2.75) is 0 Å². The maximum atomic E-state index is 12.6. The molecule has 4 rings (SSSR count). The predicted molar refractivity (Wildman–Crippen MR) is 114 cm³/mol. The minimum atomic E-state index is -0.595. The van der Waals surface area contributed by atoms with Gasteiger partial charge in [0.05, 0.1) is 16.4 Å². The summed E-state index contributed by atoms with van der Waals surface area (Å²) >= 11 is 0.722. The van der Waals surface area contributed by atoms with Crippen molar-refractivity contribution >= 4 is 40.5 Å². The number of imide groups is 1. The van der Waals surface area contributed by atoms with Crippen LogP contribution in [0.5, 0.6) is 0 Å². The molecule has 0 N–H and O–H groups in total. The Morgan fingerprint density at radius 3 is 2.42 bits per heavy atom. The number of benzene rings is 2. The third-order valence-corrected chi connectivity index (χ3v) is 5.44. The zero-order valence-corrected chi connectivity index (χ0v) is 16.7. The number of Topliss-reactive ketones (excluding diaryl/α,β-unsaturated/α-hetero) is 1. The number of hydrogen-bond acceptors (Lipinski definition) is 7. The smallest absolute Gasteiger partial charge is 0.293 e. The number of non-ortho nitro benzene ring substituents is 1. The molecule has 1 aromatic heterocycles. The van der Waals surface area contributed by atoms with Gasteiger partial charge in [-0.15, -0.1) is 0 Å². The maximum absolute atomic E-state index is 12.6. The molecule has 0 aliphatic carbocycles. The second kappa shape index (κ2) is 8.41. The number of nitro benzene ring substituents is 1. The molecule has 2 aromatic carbocycles. The first-order chi connectivity index (χ1) is 14.9. The van der Waals surface area contributed by atoms with Gasteiger partial charge in [-0.1, -0.05) is 30.3 Å². The Kier molecular flexibility index (Phi) is 5.50. The lowest BCUT2D eigenvalue weighted by Gasteiger charge is -2.11. The molecule has 1 fully saturated rings. The highest BCUT2D eigenvalue weighted by atomic mass is 32.2. The van der Waals surface area contributed by atoms with E-state index in [0.717, 1.165) is 22.2 Å². The molecule has 154 valence electrons. The van der Waals surface area contributed by atoms with Crippen molar-refractivity contribution in [3.8, 4) is 11.3 Å². The van der Waals surface area contributed by atoms with Gasteiger partial charge >= 0.3 is 0 Å². The number of hydrogen-bond donors (Lipinski definition) is 0. The molecule has 1 aliphatic heterocycles. The Hall–Kier alpha value is -3.98. The first-order valence-electron chi connectivity index (χ1n) is 9.10. The van der Waals surface area contributed by atoms with Gasteiger partial charge in [0.1, 0.15) is 11.5 Å². The van der Waals surface area contributed by atoms with Crippen LogP contribution < -0.4 is 0 Å². The summed E-state index contributed by atoms with van der Waals surface area (Å²) in [4.78, 5) is 48.5. The molecule has 3 aromatic rings. The van der Waals surface area contributed by atoms with E-state index in [1.54, 1.807) is 12.1 Å². The largest absolute Gasteiger partial charge is 0.457 e. The summed E-state index contributed by atoms with van der Waals surface area (Å²) < 4.78 is 5.74. The van der Waals surface area contributed by atoms with Crippen LogP contribution in [-0.2, 0) is 4.79 Å². The van der Waals surface area contributed by atoms with Gasteiger partial charge in [0.15, 0.2) is 5.78 Å². The zero-order chi connectivity index (χ0) is 22.0. The molecule has 31 heavy (non-hydrogen) atoms. The molecule has 2 amide bonds. The number of ketones is 1. The molecule has 1 saturated heterocycles. The fourth-order valence-electron chi connectivity index (χ4n) is 2.96.